The first-order valence-corrected chi connectivity index (χ1v) is 9.41. The molecule has 140 valence electrons. The van der Waals surface area contributed by atoms with E-state index in [9.17, 15) is 9.90 Å². The van der Waals surface area contributed by atoms with Crippen molar-refractivity contribution in [1.29, 1.82) is 0 Å². The molecule has 0 radical (unpaired) electrons. The van der Waals surface area contributed by atoms with Crippen molar-refractivity contribution in [3.05, 3.63) is 35.9 Å². The smallest absolute Gasteiger partial charge is 0.225 e. The lowest BCUT2D eigenvalue weighted by Crippen LogP contribution is -2.43. The predicted octanol–water partition coefficient (Wildman–Crippen LogP) is 3.15. The Morgan fingerprint density at radius 3 is 2.24 bits per heavy atom. The Kier molecular flexibility index (Phi) is 7.73. The molecule has 25 heavy (non-hydrogen) atoms. The first-order valence-electron chi connectivity index (χ1n) is 9.41. The molecule has 1 aliphatic heterocycles. The minimum Gasteiger partial charge on any atom is -0.388 e. The van der Waals surface area contributed by atoms with Gasteiger partial charge in [0.15, 0.2) is 0 Å². The Balaban J connectivity index is 0.00000225. The zero-order valence-electron chi connectivity index (χ0n) is 14.8. The van der Waals surface area contributed by atoms with Gasteiger partial charge in [-0.25, -0.2) is 0 Å². The molecule has 2 aliphatic rings. The summed E-state index contributed by atoms with van der Waals surface area (Å²) in [6, 6.07) is 9.87. The number of hydrogen-bond donors (Lipinski definition) is 2. The van der Waals surface area contributed by atoms with E-state index < -0.39 is 6.10 Å². The van der Waals surface area contributed by atoms with Crippen LogP contribution in [0.2, 0.25) is 0 Å². The van der Waals surface area contributed by atoms with Crippen LogP contribution in [0.4, 0.5) is 0 Å². The molecule has 0 bridgehead atoms. The third-order valence-electron chi connectivity index (χ3n) is 5.97. The second-order valence-electron chi connectivity index (χ2n) is 7.47. The standard InChI is InChI=1S/C20H30N2O2.ClH/c21-14-15-6-8-18(9-7-15)20(24)22-12-10-17(11-13-22)19(23)16-4-2-1-3-5-16;/h1-5,15,17-19,23H,6-14,21H2;1H. The van der Waals surface area contributed by atoms with Gasteiger partial charge in [-0.3, -0.25) is 4.79 Å². The van der Waals surface area contributed by atoms with Gasteiger partial charge in [0.05, 0.1) is 6.10 Å². The predicted molar refractivity (Wildman–Crippen MR) is 102 cm³/mol. The molecule has 0 spiro atoms. The van der Waals surface area contributed by atoms with Crippen molar-refractivity contribution in [2.45, 2.75) is 44.6 Å². The van der Waals surface area contributed by atoms with E-state index in [0.717, 1.165) is 63.7 Å². The highest BCUT2D eigenvalue weighted by molar-refractivity contribution is 5.85. The van der Waals surface area contributed by atoms with Crippen LogP contribution in [0.1, 0.15) is 50.2 Å². The van der Waals surface area contributed by atoms with Crippen LogP contribution in [0.5, 0.6) is 0 Å². The van der Waals surface area contributed by atoms with Crippen molar-refractivity contribution in [3.63, 3.8) is 0 Å². The van der Waals surface area contributed by atoms with Gasteiger partial charge in [-0.15, -0.1) is 12.4 Å². The Labute approximate surface area is 157 Å². The van der Waals surface area contributed by atoms with E-state index >= 15 is 0 Å². The highest BCUT2D eigenvalue weighted by atomic mass is 35.5. The fraction of sp³-hybridized carbons (Fsp3) is 0.650. The number of piperidine rings is 1. The zero-order chi connectivity index (χ0) is 16.9. The number of aliphatic hydroxyl groups excluding tert-OH is 1. The summed E-state index contributed by atoms with van der Waals surface area (Å²) < 4.78 is 0. The molecule has 1 saturated carbocycles. The van der Waals surface area contributed by atoms with Crippen LogP contribution in [-0.4, -0.2) is 35.5 Å². The molecule has 1 aromatic carbocycles. The topological polar surface area (TPSA) is 66.6 Å². The van der Waals surface area contributed by atoms with E-state index in [2.05, 4.69) is 0 Å². The number of amides is 1. The summed E-state index contributed by atoms with van der Waals surface area (Å²) in [6.07, 6.45) is 5.54. The minimum atomic E-state index is -0.413. The minimum absolute atomic E-state index is 0. The second-order valence-corrected chi connectivity index (χ2v) is 7.47. The van der Waals surface area contributed by atoms with Gasteiger partial charge in [0.25, 0.3) is 0 Å². The van der Waals surface area contributed by atoms with Gasteiger partial charge in [-0.1, -0.05) is 30.3 Å². The fourth-order valence-corrected chi connectivity index (χ4v) is 4.26. The van der Waals surface area contributed by atoms with Gasteiger partial charge in [-0.2, -0.15) is 0 Å². The highest BCUT2D eigenvalue weighted by Gasteiger charge is 2.33. The van der Waals surface area contributed by atoms with E-state index in [0.29, 0.717) is 11.8 Å². The van der Waals surface area contributed by atoms with E-state index in [1.165, 1.54) is 0 Å². The molecule has 3 N–H and O–H groups in total. The van der Waals surface area contributed by atoms with Crippen LogP contribution in [-0.2, 0) is 4.79 Å². The highest BCUT2D eigenvalue weighted by Crippen LogP contribution is 2.33. The van der Waals surface area contributed by atoms with E-state index in [1.807, 2.05) is 35.2 Å². The summed E-state index contributed by atoms with van der Waals surface area (Å²) >= 11 is 0. The molecule has 1 saturated heterocycles. The van der Waals surface area contributed by atoms with Crippen molar-refractivity contribution in [2.75, 3.05) is 19.6 Å². The van der Waals surface area contributed by atoms with Crippen LogP contribution < -0.4 is 5.73 Å². The quantitative estimate of drug-likeness (QED) is 0.860. The zero-order valence-corrected chi connectivity index (χ0v) is 15.7. The van der Waals surface area contributed by atoms with Crippen molar-refractivity contribution in [3.8, 4) is 0 Å². The number of likely N-dealkylation sites (tertiary alicyclic amines) is 1. The van der Waals surface area contributed by atoms with Gasteiger partial charge in [0.1, 0.15) is 0 Å². The summed E-state index contributed by atoms with van der Waals surface area (Å²) in [4.78, 5) is 14.8. The molecular formula is C20H31ClN2O2. The molecule has 1 aromatic rings. The van der Waals surface area contributed by atoms with Crippen LogP contribution >= 0.6 is 12.4 Å². The summed E-state index contributed by atoms with van der Waals surface area (Å²) in [5.74, 6) is 1.40. The van der Waals surface area contributed by atoms with Crippen LogP contribution in [0.25, 0.3) is 0 Å². The number of carbonyl (C=O) groups is 1. The molecule has 1 aliphatic carbocycles. The SMILES string of the molecule is Cl.NCC1CCC(C(=O)N2CCC(C(O)c3ccccc3)CC2)CC1. The Morgan fingerprint density at radius 1 is 1.08 bits per heavy atom. The van der Waals surface area contributed by atoms with Crippen molar-refractivity contribution >= 4 is 18.3 Å². The van der Waals surface area contributed by atoms with Crippen molar-refractivity contribution in [1.82, 2.24) is 4.90 Å². The summed E-state index contributed by atoms with van der Waals surface area (Å²) in [7, 11) is 0. The Morgan fingerprint density at radius 2 is 1.68 bits per heavy atom. The second kappa shape index (κ2) is 9.56. The van der Waals surface area contributed by atoms with Gasteiger partial charge in [-0.05, 0) is 62.5 Å². The molecule has 2 fully saturated rings. The molecule has 3 rings (SSSR count). The molecule has 5 heteroatoms. The lowest BCUT2D eigenvalue weighted by atomic mass is 9.80. The van der Waals surface area contributed by atoms with E-state index in [1.54, 1.807) is 0 Å². The van der Waals surface area contributed by atoms with Gasteiger partial charge in [0.2, 0.25) is 5.91 Å². The van der Waals surface area contributed by atoms with E-state index in [4.69, 9.17) is 5.73 Å². The third kappa shape index (κ3) is 4.96. The number of halogens is 1. The van der Waals surface area contributed by atoms with E-state index in [-0.39, 0.29) is 24.2 Å². The largest absolute Gasteiger partial charge is 0.388 e. The fourth-order valence-electron chi connectivity index (χ4n) is 4.26. The summed E-state index contributed by atoms with van der Waals surface area (Å²) in [5.41, 5.74) is 6.73. The Hall–Kier alpha value is -1.10. The summed E-state index contributed by atoms with van der Waals surface area (Å²) in [6.45, 7) is 2.32. The van der Waals surface area contributed by atoms with Crippen molar-refractivity contribution < 1.29 is 9.90 Å². The molecular weight excluding hydrogens is 336 g/mol. The van der Waals surface area contributed by atoms with Crippen LogP contribution in [0, 0.1) is 17.8 Å². The maximum Gasteiger partial charge on any atom is 0.225 e. The number of benzene rings is 1. The molecule has 1 heterocycles. The number of hydrogen-bond acceptors (Lipinski definition) is 3. The molecule has 1 unspecified atom stereocenters. The van der Waals surface area contributed by atoms with Gasteiger partial charge < -0.3 is 15.7 Å². The first kappa shape index (κ1) is 20.2. The number of carbonyl (C=O) groups excluding carboxylic acids is 1. The molecule has 1 amide bonds. The maximum absolute atomic E-state index is 12.7. The average molecular weight is 367 g/mol. The van der Waals surface area contributed by atoms with Crippen molar-refractivity contribution in [2.24, 2.45) is 23.5 Å². The first-order chi connectivity index (χ1) is 11.7. The normalized spacial score (nSPS) is 25.9. The maximum atomic E-state index is 12.7. The third-order valence-corrected chi connectivity index (χ3v) is 5.97. The van der Waals surface area contributed by atoms with Crippen LogP contribution in [0.3, 0.4) is 0 Å². The summed E-state index contributed by atoms with van der Waals surface area (Å²) in [5, 5.41) is 10.6. The van der Waals surface area contributed by atoms with Crippen LogP contribution in [0.15, 0.2) is 30.3 Å². The number of nitrogens with two attached hydrogens (primary N) is 1. The monoisotopic (exact) mass is 366 g/mol. The number of nitrogens with zero attached hydrogens (tertiary/aromatic N) is 1. The molecule has 1 atom stereocenters. The average Bonchev–Trinajstić information content (AvgIpc) is 2.68. The lowest BCUT2D eigenvalue weighted by Gasteiger charge is -2.37. The lowest BCUT2D eigenvalue weighted by molar-refractivity contribution is -0.138. The van der Waals surface area contributed by atoms with Gasteiger partial charge >= 0.3 is 0 Å². The number of aliphatic hydroxyl groups is 1. The molecule has 0 aromatic heterocycles. The van der Waals surface area contributed by atoms with Gasteiger partial charge in [0, 0.05) is 19.0 Å². The Bertz CT molecular complexity index is 524. The number of rotatable bonds is 4. The molecule has 4 nitrogen and oxygen atoms in total.